The molecule has 0 spiro atoms. The van der Waals surface area contributed by atoms with Crippen molar-refractivity contribution in [1.82, 2.24) is 13.9 Å². The predicted octanol–water partition coefficient (Wildman–Crippen LogP) is 3.27. The molecule has 29 heavy (non-hydrogen) atoms. The van der Waals surface area contributed by atoms with Crippen LogP contribution in [-0.2, 0) is 27.8 Å². The van der Waals surface area contributed by atoms with Gasteiger partial charge in [-0.15, -0.1) is 0 Å². The largest absolute Gasteiger partial charge is 0.331 e. The summed E-state index contributed by atoms with van der Waals surface area (Å²) in [4.78, 5) is 16.7. The van der Waals surface area contributed by atoms with E-state index in [1.54, 1.807) is 24.5 Å². The molecule has 8 heteroatoms. The first-order valence-electron chi connectivity index (χ1n) is 9.57. The third-order valence-electron chi connectivity index (χ3n) is 4.82. The molecule has 0 aliphatic carbocycles. The fourth-order valence-corrected chi connectivity index (χ4v) is 3.97. The van der Waals surface area contributed by atoms with Crippen molar-refractivity contribution in [3.63, 3.8) is 0 Å². The molecule has 0 saturated heterocycles. The summed E-state index contributed by atoms with van der Waals surface area (Å²) in [5.41, 5.74) is 3.50. The third kappa shape index (κ3) is 4.83. The Kier molecular flexibility index (Phi) is 6.34. The Bertz CT molecular complexity index is 1100. The number of sulfonamides is 1. The Labute approximate surface area is 171 Å². The smallest absolute Gasteiger partial charge is 0.242 e. The molecule has 1 aromatic heterocycles. The normalized spacial score (nSPS) is 11.9. The van der Waals surface area contributed by atoms with Gasteiger partial charge in [-0.1, -0.05) is 19.1 Å². The van der Waals surface area contributed by atoms with Crippen LogP contribution in [0.5, 0.6) is 0 Å². The SMILES string of the molecule is CCc1ccc(NC(=O)CCCn2cnc3cc(S(=O)(=O)N(C)C)ccc32)cc1. The molecule has 1 heterocycles. The Morgan fingerprint density at radius 1 is 1.14 bits per heavy atom. The van der Waals surface area contributed by atoms with Gasteiger partial charge < -0.3 is 9.88 Å². The van der Waals surface area contributed by atoms with E-state index in [1.807, 2.05) is 28.8 Å². The van der Waals surface area contributed by atoms with Gasteiger partial charge in [0.25, 0.3) is 0 Å². The zero-order valence-electron chi connectivity index (χ0n) is 16.9. The molecule has 0 aliphatic heterocycles. The highest BCUT2D eigenvalue weighted by atomic mass is 32.2. The van der Waals surface area contributed by atoms with Crippen LogP contribution in [0.15, 0.2) is 53.7 Å². The summed E-state index contributed by atoms with van der Waals surface area (Å²) in [6.45, 7) is 2.72. The fraction of sp³-hybridized carbons (Fsp3) is 0.333. The lowest BCUT2D eigenvalue weighted by Gasteiger charge is -2.11. The topological polar surface area (TPSA) is 84.3 Å². The molecule has 0 atom stereocenters. The van der Waals surface area contributed by atoms with E-state index < -0.39 is 10.0 Å². The van der Waals surface area contributed by atoms with Gasteiger partial charge in [-0.2, -0.15) is 0 Å². The molecular weight excluding hydrogens is 388 g/mol. The van der Waals surface area contributed by atoms with E-state index >= 15 is 0 Å². The average molecular weight is 415 g/mol. The summed E-state index contributed by atoms with van der Waals surface area (Å²) in [6, 6.07) is 12.8. The first kappa shape index (κ1) is 21.0. The number of hydrogen-bond acceptors (Lipinski definition) is 4. The van der Waals surface area contributed by atoms with Gasteiger partial charge in [-0.3, -0.25) is 4.79 Å². The molecule has 1 amide bonds. The Balaban J connectivity index is 1.60. The number of rotatable bonds is 8. The van der Waals surface area contributed by atoms with Crippen LogP contribution in [0.2, 0.25) is 0 Å². The first-order chi connectivity index (χ1) is 13.8. The lowest BCUT2D eigenvalue weighted by Crippen LogP contribution is -2.22. The zero-order valence-corrected chi connectivity index (χ0v) is 17.7. The van der Waals surface area contributed by atoms with Gasteiger partial charge in [0.1, 0.15) is 0 Å². The van der Waals surface area contributed by atoms with Crippen molar-refractivity contribution in [3.05, 3.63) is 54.4 Å². The average Bonchev–Trinajstić information content (AvgIpc) is 3.11. The van der Waals surface area contributed by atoms with Gasteiger partial charge in [0.05, 0.1) is 22.3 Å². The summed E-state index contributed by atoms with van der Waals surface area (Å²) in [5, 5.41) is 2.91. The lowest BCUT2D eigenvalue weighted by atomic mass is 10.1. The van der Waals surface area contributed by atoms with Gasteiger partial charge in [-0.05, 0) is 48.7 Å². The van der Waals surface area contributed by atoms with Crippen LogP contribution < -0.4 is 5.32 Å². The zero-order chi connectivity index (χ0) is 21.0. The number of nitrogens with zero attached hydrogens (tertiary/aromatic N) is 3. The molecule has 1 N–H and O–H groups in total. The first-order valence-corrected chi connectivity index (χ1v) is 11.0. The number of fused-ring (bicyclic) bond motifs is 1. The number of aryl methyl sites for hydroxylation is 2. The summed E-state index contributed by atoms with van der Waals surface area (Å²) in [5.74, 6) is -0.0296. The second-order valence-corrected chi connectivity index (χ2v) is 9.23. The molecule has 3 rings (SSSR count). The maximum Gasteiger partial charge on any atom is 0.242 e. The molecule has 0 radical (unpaired) electrons. The predicted molar refractivity (Wildman–Crippen MR) is 114 cm³/mol. The molecule has 3 aromatic rings. The van der Waals surface area contributed by atoms with Gasteiger partial charge in [0.15, 0.2) is 0 Å². The van der Waals surface area contributed by atoms with E-state index in [2.05, 4.69) is 17.2 Å². The van der Waals surface area contributed by atoms with Crippen LogP contribution in [0.3, 0.4) is 0 Å². The van der Waals surface area contributed by atoms with E-state index in [4.69, 9.17) is 0 Å². The van der Waals surface area contributed by atoms with Crippen LogP contribution >= 0.6 is 0 Å². The monoisotopic (exact) mass is 414 g/mol. The highest BCUT2D eigenvalue weighted by molar-refractivity contribution is 7.89. The molecule has 0 aliphatic rings. The number of hydrogen-bond donors (Lipinski definition) is 1. The molecule has 154 valence electrons. The molecular formula is C21H26N4O3S. The Hall–Kier alpha value is -2.71. The number of benzene rings is 2. The van der Waals surface area contributed by atoms with Crippen LogP contribution in [-0.4, -0.2) is 42.3 Å². The van der Waals surface area contributed by atoms with Crippen LogP contribution in [0.1, 0.15) is 25.3 Å². The molecule has 2 aromatic carbocycles. The van der Waals surface area contributed by atoms with E-state index in [-0.39, 0.29) is 10.8 Å². The number of carbonyl (C=O) groups excluding carboxylic acids is 1. The summed E-state index contributed by atoms with van der Waals surface area (Å²) < 4.78 is 27.6. The summed E-state index contributed by atoms with van der Waals surface area (Å²) in [7, 11) is -0.488. The van der Waals surface area contributed by atoms with Gasteiger partial charge >= 0.3 is 0 Å². The van der Waals surface area contributed by atoms with Gasteiger partial charge in [0.2, 0.25) is 15.9 Å². The van der Waals surface area contributed by atoms with Crippen molar-refractivity contribution in [3.8, 4) is 0 Å². The van der Waals surface area contributed by atoms with Crippen molar-refractivity contribution < 1.29 is 13.2 Å². The molecule has 0 bridgehead atoms. The number of carbonyl (C=O) groups is 1. The molecule has 0 fully saturated rings. The van der Waals surface area contributed by atoms with Crippen molar-refractivity contribution >= 4 is 32.7 Å². The highest BCUT2D eigenvalue weighted by Crippen LogP contribution is 2.20. The minimum atomic E-state index is -3.49. The minimum absolute atomic E-state index is 0.0296. The van der Waals surface area contributed by atoms with Gasteiger partial charge in [-0.25, -0.2) is 17.7 Å². The molecule has 0 unspecified atom stereocenters. The standard InChI is InChI=1S/C21H26N4O3S/c1-4-16-7-9-17(10-8-16)23-21(26)6-5-13-25-15-22-19-14-18(11-12-20(19)25)29(27,28)24(2)3/h7-12,14-15H,4-6,13H2,1-3H3,(H,23,26). The number of nitrogens with one attached hydrogen (secondary N) is 1. The number of anilines is 1. The number of imidazole rings is 1. The van der Waals surface area contributed by atoms with E-state index in [0.29, 0.717) is 24.9 Å². The second kappa shape index (κ2) is 8.75. The maximum absolute atomic E-state index is 12.3. The van der Waals surface area contributed by atoms with Crippen molar-refractivity contribution in [2.24, 2.45) is 0 Å². The van der Waals surface area contributed by atoms with Crippen LogP contribution in [0, 0.1) is 0 Å². The fourth-order valence-electron chi connectivity index (χ4n) is 3.05. The second-order valence-electron chi connectivity index (χ2n) is 7.08. The Morgan fingerprint density at radius 2 is 1.86 bits per heavy atom. The highest BCUT2D eigenvalue weighted by Gasteiger charge is 2.18. The maximum atomic E-state index is 12.3. The van der Waals surface area contributed by atoms with Crippen LogP contribution in [0.4, 0.5) is 5.69 Å². The van der Waals surface area contributed by atoms with Crippen molar-refractivity contribution in [2.45, 2.75) is 37.6 Å². The molecule has 7 nitrogen and oxygen atoms in total. The molecule has 0 saturated carbocycles. The summed E-state index contributed by atoms with van der Waals surface area (Å²) >= 11 is 0. The van der Waals surface area contributed by atoms with Crippen molar-refractivity contribution in [2.75, 3.05) is 19.4 Å². The van der Waals surface area contributed by atoms with Gasteiger partial charge in [0, 0.05) is 32.7 Å². The van der Waals surface area contributed by atoms with E-state index in [1.165, 1.54) is 24.0 Å². The quantitative estimate of drug-likeness (QED) is 0.613. The third-order valence-corrected chi connectivity index (χ3v) is 6.63. The Morgan fingerprint density at radius 3 is 2.52 bits per heavy atom. The van der Waals surface area contributed by atoms with Crippen molar-refractivity contribution in [1.29, 1.82) is 0 Å². The summed E-state index contributed by atoms with van der Waals surface area (Å²) in [6.07, 6.45) is 3.69. The van der Waals surface area contributed by atoms with E-state index in [9.17, 15) is 13.2 Å². The lowest BCUT2D eigenvalue weighted by molar-refractivity contribution is -0.116. The number of aromatic nitrogens is 2. The van der Waals surface area contributed by atoms with E-state index in [0.717, 1.165) is 17.6 Å². The number of amides is 1. The van der Waals surface area contributed by atoms with Crippen LogP contribution in [0.25, 0.3) is 11.0 Å². The minimum Gasteiger partial charge on any atom is -0.331 e.